The Bertz CT molecular complexity index is 668. The largest absolute Gasteiger partial charge is 0.367 e. The van der Waals surface area contributed by atoms with Crippen molar-refractivity contribution in [2.45, 2.75) is 50.1 Å². The summed E-state index contributed by atoms with van der Waals surface area (Å²) in [6.45, 7) is 9.61. The van der Waals surface area contributed by atoms with Crippen molar-refractivity contribution in [2.24, 2.45) is 0 Å². The van der Waals surface area contributed by atoms with E-state index in [9.17, 15) is 0 Å². The van der Waals surface area contributed by atoms with Gasteiger partial charge in [-0.2, -0.15) is 0 Å². The van der Waals surface area contributed by atoms with Crippen LogP contribution in [0.5, 0.6) is 0 Å². The second kappa shape index (κ2) is 7.32. The Hall–Kier alpha value is -0.910. The monoisotopic (exact) mass is 352 g/mol. The molecule has 2 aromatic rings. The van der Waals surface area contributed by atoms with Crippen LogP contribution in [0, 0.1) is 0 Å². The zero-order valence-electron chi connectivity index (χ0n) is 14.0. The summed E-state index contributed by atoms with van der Waals surface area (Å²) in [5, 5.41) is 5.87. The van der Waals surface area contributed by atoms with E-state index in [1.807, 2.05) is 17.8 Å². The van der Waals surface area contributed by atoms with Crippen molar-refractivity contribution in [1.29, 1.82) is 0 Å². The van der Waals surface area contributed by atoms with E-state index in [4.69, 9.17) is 16.6 Å². The van der Waals surface area contributed by atoms with Crippen LogP contribution in [0.3, 0.4) is 0 Å². The predicted molar refractivity (Wildman–Crippen MR) is 101 cm³/mol. The summed E-state index contributed by atoms with van der Waals surface area (Å²) in [6, 6.07) is 4.63. The maximum Gasteiger partial charge on any atom is 0.166 e. The van der Waals surface area contributed by atoms with E-state index in [1.165, 1.54) is 0 Å². The zero-order valence-corrected chi connectivity index (χ0v) is 15.6. The van der Waals surface area contributed by atoms with Crippen molar-refractivity contribution in [3.8, 4) is 0 Å². The number of aromatic amines is 1. The number of thioether (sulfide) groups is 1. The molecule has 23 heavy (non-hydrogen) atoms. The first-order chi connectivity index (χ1) is 11.1. The molecule has 6 heteroatoms. The van der Waals surface area contributed by atoms with Crippen molar-refractivity contribution in [1.82, 2.24) is 15.3 Å². The van der Waals surface area contributed by atoms with Crippen LogP contribution < -0.4 is 10.2 Å². The van der Waals surface area contributed by atoms with E-state index in [1.54, 1.807) is 0 Å². The van der Waals surface area contributed by atoms with Gasteiger partial charge in [0.05, 0.1) is 21.7 Å². The number of hydrogen-bond donors (Lipinski definition) is 2. The summed E-state index contributed by atoms with van der Waals surface area (Å²) in [6.07, 6.45) is 2.31. The lowest BCUT2D eigenvalue weighted by molar-refractivity contribution is 0.485. The molecular formula is C17H25ClN4S. The topological polar surface area (TPSA) is 44.0 Å². The Labute approximate surface area is 147 Å². The normalized spacial score (nSPS) is 19.0. The van der Waals surface area contributed by atoms with E-state index in [-0.39, 0.29) is 0 Å². The molecule has 1 aromatic heterocycles. The smallest absolute Gasteiger partial charge is 0.166 e. The molecule has 126 valence electrons. The molecule has 0 spiro atoms. The molecule has 1 aromatic carbocycles. The van der Waals surface area contributed by atoms with Crippen molar-refractivity contribution in [2.75, 3.05) is 24.5 Å². The summed E-state index contributed by atoms with van der Waals surface area (Å²) in [5.41, 5.74) is 3.12. The van der Waals surface area contributed by atoms with Gasteiger partial charge in [0.25, 0.3) is 0 Å². The highest BCUT2D eigenvalue weighted by atomic mass is 35.5. The highest BCUT2D eigenvalue weighted by Crippen LogP contribution is 2.33. The van der Waals surface area contributed by atoms with Crippen molar-refractivity contribution >= 4 is 40.1 Å². The van der Waals surface area contributed by atoms with Crippen molar-refractivity contribution in [3.63, 3.8) is 0 Å². The molecule has 0 amide bonds. The maximum absolute atomic E-state index is 6.54. The molecule has 1 saturated heterocycles. The molecule has 1 atom stereocenters. The fourth-order valence-electron chi connectivity index (χ4n) is 3.06. The third-order valence-corrected chi connectivity index (χ3v) is 6.15. The number of imidazole rings is 1. The van der Waals surface area contributed by atoms with Gasteiger partial charge in [-0.15, -0.1) is 0 Å². The number of benzene rings is 1. The zero-order chi connectivity index (χ0) is 16.4. The van der Waals surface area contributed by atoms with Gasteiger partial charge in [-0.05, 0) is 31.9 Å². The third kappa shape index (κ3) is 3.78. The molecule has 4 nitrogen and oxygen atoms in total. The average Bonchev–Trinajstić information content (AvgIpc) is 2.93. The quantitative estimate of drug-likeness (QED) is 0.787. The minimum absolute atomic E-state index is 0.482. The Morgan fingerprint density at radius 1 is 1.39 bits per heavy atom. The minimum atomic E-state index is 0.482. The van der Waals surface area contributed by atoms with Crippen molar-refractivity contribution in [3.05, 3.63) is 17.2 Å². The highest BCUT2D eigenvalue weighted by Gasteiger charge is 2.19. The van der Waals surface area contributed by atoms with E-state index in [0.717, 1.165) is 59.4 Å². The Balaban J connectivity index is 1.88. The summed E-state index contributed by atoms with van der Waals surface area (Å²) in [7, 11) is 0. The number of hydrogen-bond acceptors (Lipinski definition) is 4. The van der Waals surface area contributed by atoms with Crippen LogP contribution in [0.2, 0.25) is 5.02 Å². The standard InChI is InChI=1S/C17H25ClN4S/c1-4-12(5-2)23-17-20-14-8-13(18)16(9-15(14)21-17)22-7-6-19-11(3)10-22/h8-9,11-12,19H,4-7,10H2,1-3H3,(H,20,21)/t11-/m0/s1. The molecule has 1 fully saturated rings. The number of nitrogens with zero attached hydrogens (tertiary/aromatic N) is 2. The molecule has 2 N–H and O–H groups in total. The second-order valence-electron chi connectivity index (χ2n) is 6.22. The first-order valence-electron chi connectivity index (χ1n) is 8.45. The fraction of sp³-hybridized carbons (Fsp3) is 0.588. The SMILES string of the molecule is CCC(CC)Sc1nc2cc(N3CCN[C@@H](C)C3)c(Cl)cc2[nH]1. The lowest BCUT2D eigenvalue weighted by atomic mass is 10.2. The third-order valence-electron chi connectivity index (χ3n) is 4.43. The molecule has 1 aliphatic rings. The molecule has 0 aliphatic carbocycles. The van der Waals surface area contributed by atoms with Gasteiger partial charge in [0.15, 0.2) is 5.16 Å². The van der Waals surface area contributed by atoms with Gasteiger partial charge < -0.3 is 15.2 Å². The fourth-order valence-corrected chi connectivity index (χ4v) is 4.31. The van der Waals surface area contributed by atoms with Crippen molar-refractivity contribution < 1.29 is 0 Å². The molecule has 2 heterocycles. The van der Waals surface area contributed by atoms with Gasteiger partial charge in [-0.3, -0.25) is 0 Å². The minimum Gasteiger partial charge on any atom is -0.367 e. The van der Waals surface area contributed by atoms with Crippen LogP contribution in [0.25, 0.3) is 11.0 Å². The number of rotatable bonds is 5. The van der Waals surface area contributed by atoms with Gasteiger partial charge in [0.2, 0.25) is 0 Å². The number of fused-ring (bicyclic) bond motifs is 1. The lowest BCUT2D eigenvalue weighted by Crippen LogP contribution is -2.49. The average molecular weight is 353 g/mol. The number of H-pyrrole nitrogens is 1. The Morgan fingerprint density at radius 2 is 2.17 bits per heavy atom. The summed E-state index contributed by atoms with van der Waals surface area (Å²) >= 11 is 8.37. The van der Waals surface area contributed by atoms with E-state index < -0.39 is 0 Å². The number of aromatic nitrogens is 2. The number of halogens is 1. The Kier molecular flexibility index (Phi) is 5.39. The molecule has 1 aliphatic heterocycles. The second-order valence-corrected chi connectivity index (χ2v) is 7.92. The van der Waals surface area contributed by atoms with Gasteiger partial charge in [-0.25, -0.2) is 4.98 Å². The predicted octanol–water partition coefficient (Wildman–Crippen LogP) is 4.30. The first kappa shape index (κ1) is 16.9. The lowest BCUT2D eigenvalue weighted by Gasteiger charge is -2.34. The molecule has 0 saturated carbocycles. The summed E-state index contributed by atoms with van der Waals surface area (Å²) in [5.74, 6) is 0. The maximum atomic E-state index is 6.54. The number of nitrogens with one attached hydrogen (secondary N) is 2. The van der Waals surface area contributed by atoms with Gasteiger partial charge in [0, 0.05) is 30.9 Å². The van der Waals surface area contributed by atoms with Crippen LogP contribution in [0.1, 0.15) is 33.6 Å². The van der Waals surface area contributed by atoms with E-state index >= 15 is 0 Å². The van der Waals surface area contributed by atoms with Gasteiger partial charge in [0.1, 0.15) is 0 Å². The summed E-state index contributed by atoms with van der Waals surface area (Å²) in [4.78, 5) is 10.5. The highest BCUT2D eigenvalue weighted by molar-refractivity contribution is 7.99. The molecule has 3 rings (SSSR count). The Morgan fingerprint density at radius 3 is 2.87 bits per heavy atom. The number of anilines is 1. The van der Waals surface area contributed by atoms with Crippen LogP contribution >= 0.6 is 23.4 Å². The summed E-state index contributed by atoms with van der Waals surface area (Å²) < 4.78 is 0. The first-order valence-corrected chi connectivity index (χ1v) is 9.70. The van der Waals surface area contributed by atoms with Crippen LogP contribution in [0.15, 0.2) is 17.3 Å². The van der Waals surface area contributed by atoms with Gasteiger partial charge >= 0.3 is 0 Å². The molecule has 0 bridgehead atoms. The molecule has 0 radical (unpaired) electrons. The van der Waals surface area contributed by atoms with E-state index in [0.29, 0.717) is 11.3 Å². The van der Waals surface area contributed by atoms with Crippen LogP contribution in [0.4, 0.5) is 5.69 Å². The molecule has 0 unspecified atom stereocenters. The van der Waals surface area contributed by atoms with Crippen LogP contribution in [-0.2, 0) is 0 Å². The molecular weight excluding hydrogens is 328 g/mol. The van der Waals surface area contributed by atoms with E-state index in [2.05, 4.69) is 42.0 Å². The van der Waals surface area contributed by atoms with Gasteiger partial charge in [-0.1, -0.05) is 37.2 Å². The number of piperazine rings is 1. The van der Waals surface area contributed by atoms with Crippen LogP contribution in [-0.4, -0.2) is 40.9 Å².